The van der Waals surface area contributed by atoms with E-state index in [0.717, 1.165) is 22.4 Å². The minimum absolute atomic E-state index is 0.138. The highest BCUT2D eigenvalue weighted by Crippen LogP contribution is 2.30. The van der Waals surface area contributed by atoms with Crippen LogP contribution < -0.4 is 19.5 Å². The van der Waals surface area contributed by atoms with E-state index in [1.54, 1.807) is 14.2 Å². The largest absolute Gasteiger partial charge is 0.493 e. The van der Waals surface area contributed by atoms with Gasteiger partial charge in [0.1, 0.15) is 5.75 Å². The number of hydrogen-bond donors (Lipinski definition) is 1. The van der Waals surface area contributed by atoms with Crippen LogP contribution in [-0.2, 0) is 4.79 Å². The molecule has 0 aliphatic carbocycles. The predicted molar refractivity (Wildman–Crippen MR) is 107 cm³/mol. The minimum atomic E-state index is -0.548. The van der Waals surface area contributed by atoms with Crippen molar-refractivity contribution in [2.75, 3.05) is 14.2 Å². The zero-order chi connectivity index (χ0) is 20.0. The minimum Gasteiger partial charge on any atom is -0.493 e. The van der Waals surface area contributed by atoms with Crippen molar-refractivity contribution in [3.8, 4) is 17.2 Å². The van der Waals surface area contributed by atoms with Crippen molar-refractivity contribution < 1.29 is 19.0 Å². The maximum absolute atomic E-state index is 12.7. The van der Waals surface area contributed by atoms with Crippen LogP contribution in [0.1, 0.15) is 43.0 Å². The summed E-state index contributed by atoms with van der Waals surface area (Å²) in [4.78, 5) is 12.7. The average molecular weight is 371 g/mol. The molecule has 1 N–H and O–H groups in total. The van der Waals surface area contributed by atoms with Gasteiger partial charge < -0.3 is 19.5 Å². The zero-order valence-corrected chi connectivity index (χ0v) is 17.0. The monoisotopic (exact) mass is 371 g/mol. The summed E-state index contributed by atoms with van der Waals surface area (Å²) >= 11 is 0. The van der Waals surface area contributed by atoms with Gasteiger partial charge in [-0.3, -0.25) is 4.79 Å². The third-order valence-corrected chi connectivity index (χ3v) is 4.75. The molecule has 2 aromatic rings. The second kappa shape index (κ2) is 9.31. The topological polar surface area (TPSA) is 56.8 Å². The number of hydrogen-bond acceptors (Lipinski definition) is 4. The highest BCUT2D eigenvalue weighted by Gasteiger charge is 2.22. The van der Waals surface area contributed by atoms with E-state index in [2.05, 4.69) is 5.32 Å². The standard InChI is InChI=1S/C22H29NO4/c1-7-18(27-19-10-8-9-14(2)15(19)3)22(24)23-16(4)17-11-12-20(25-5)21(13-17)26-6/h8-13,16,18H,7H2,1-6H3,(H,23,24). The molecule has 27 heavy (non-hydrogen) atoms. The molecular formula is C22H29NO4. The van der Waals surface area contributed by atoms with E-state index in [0.29, 0.717) is 17.9 Å². The Labute approximate surface area is 161 Å². The molecule has 0 heterocycles. The van der Waals surface area contributed by atoms with E-state index in [1.807, 2.05) is 64.1 Å². The van der Waals surface area contributed by atoms with Crippen molar-refractivity contribution >= 4 is 5.91 Å². The Balaban J connectivity index is 2.10. The number of methoxy groups -OCH3 is 2. The lowest BCUT2D eigenvalue weighted by Crippen LogP contribution is -2.39. The third kappa shape index (κ3) is 4.94. The molecule has 5 heteroatoms. The smallest absolute Gasteiger partial charge is 0.261 e. The van der Waals surface area contributed by atoms with Crippen LogP contribution >= 0.6 is 0 Å². The van der Waals surface area contributed by atoms with Gasteiger partial charge in [-0.25, -0.2) is 0 Å². The van der Waals surface area contributed by atoms with Crippen LogP contribution in [-0.4, -0.2) is 26.2 Å². The summed E-state index contributed by atoms with van der Waals surface area (Å²) in [5, 5.41) is 3.03. The fourth-order valence-electron chi connectivity index (χ4n) is 2.84. The Morgan fingerprint density at radius 2 is 1.74 bits per heavy atom. The lowest BCUT2D eigenvalue weighted by Gasteiger charge is -2.22. The molecule has 0 aromatic heterocycles. The Hall–Kier alpha value is -2.69. The highest BCUT2D eigenvalue weighted by molar-refractivity contribution is 5.81. The molecule has 2 aromatic carbocycles. The maximum atomic E-state index is 12.7. The van der Waals surface area contributed by atoms with E-state index >= 15 is 0 Å². The van der Waals surface area contributed by atoms with Crippen LogP contribution in [0.4, 0.5) is 0 Å². The van der Waals surface area contributed by atoms with Gasteiger partial charge in [0.05, 0.1) is 20.3 Å². The van der Waals surface area contributed by atoms with Crippen LogP contribution in [0.15, 0.2) is 36.4 Å². The molecule has 0 fully saturated rings. The van der Waals surface area contributed by atoms with Crippen molar-refractivity contribution in [2.45, 2.75) is 46.3 Å². The molecule has 0 spiro atoms. The first-order valence-corrected chi connectivity index (χ1v) is 9.16. The first-order valence-electron chi connectivity index (χ1n) is 9.16. The molecule has 0 saturated carbocycles. The van der Waals surface area contributed by atoms with Gasteiger partial charge in [-0.1, -0.05) is 25.1 Å². The molecule has 0 bridgehead atoms. The molecule has 1 amide bonds. The van der Waals surface area contributed by atoms with Crippen LogP contribution in [0.25, 0.3) is 0 Å². The van der Waals surface area contributed by atoms with E-state index in [9.17, 15) is 4.79 Å². The zero-order valence-electron chi connectivity index (χ0n) is 17.0. The number of nitrogens with one attached hydrogen (secondary N) is 1. The lowest BCUT2D eigenvalue weighted by atomic mass is 10.1. The lowest BCUT2D eigenvalue weighted by molar-refractivity contribution is -0.128. The highest BCUT2D eigenvalue weighted by atomic mass is 16.5. The van der Waals surface area contributed by atoms with E-state index in [1.165, 1.54) is 0 Å². The molecular weight excluding hydrogens is 342 g/mol. The molecule has 146 valence electrons. The molecule has 0 aliphatic heterocycles. The van der Waals surface area contributed by atoms with Crippen LogP contribution in [0, 0.1) is 13.8 Å². The van der Waals surface area contributed by atoms with E-state index in [-0.39, 0.29) is 11.9 Å². The van der Waals surface area contributed by atoms with Gasteiger partial charge in [0.15, 0.2) is 17.6 Å². The molecule has 5 nitrogen and oxygen atoms in total. The number of carbonyl (C=O) groups excluding carboxylic acids is 1. The summed E-state index contributed by atoms with van der Waals surface area (Å²) in [6.07, 6.45) is 0.0332. The predicted octanol–water partition coefficient (Wildman–Crippen LogP) is 4.36. The van der Waals surface area contributed by atoms with E-state index in [4.69, 9.17) is 14.2 Å². The summed E-state index contributed by atoms with van der Waals surface area (Å²) in [6, 6.07) is 11.3. The van der Waals surface area contributed by atoms with Crippen molar-refractivity contribution in [3.63, 3.8) is 0 Å². The van der Waals surface area contributed by atoms with Crippen molar-refractivity contribution in [3.05, 3.63) is 53.1 Å². The third-order valence-electron chi connectivity index (χ3n) is 4.75. The van der Waals surface area contributed by atoms with Crippen molar-refractivity contribution in [1.82, 2.24) is 5.32 Å². The second-order valence-electron chi connectivity index (χ2n) is 6.56. The number of benzene rings is 2. The van der Waals surface area contributed by atoms with Gasteiger partial charge >= 0.3 is 0 Å². The van der Waals surface area contributed by atoms with Crippen LogP contribution in [0.3, 0.4) is 0 Å². The van der Waals surface area contributed by atoms with Gasteiger partial charge in [0.25, 0.3) is 5.91 Å². The number of rotatable bonds is 8. The quantitative estimate of drug-likeness (QED) is 0.749. The normalized spacial score (nSPS) is 12.8. The summed E-state index contributed by atoms with van der Waals surface area (Å²) < 4.78 is 16.6. The van der Waals surface area contributed by atoms with Gasteiger partial charge in [-0.05, 0) is 62.1 Å². The molecule has 2 rings (SSSR count). The number of aryl methyl sites for hydroxylation is 1. The van der Waals surface area contributed by atoms with Gasteiger partial charge in [-0.15, -0.1) is 0 Å². The first-order chi connectivity index (χ1) is 12.9. The Morgan fingerprint density at radius 1 is 1.04 bits per heavy atom. The van der Waals surface area contributed by atoms with Gasteiger partial charge in [-0.2, -0.15) is 0 Å². The molecule has 2 atom stereocenters. The summed E-state index contributed by atoms with van der Waals surface area (Å²) in [5.74, 6) is 1.90. The summed E-state index contributed by atoms with van der Waals surface area (Å²) in [6.45, 7) is 7.91. The summed E-state index contributed by atoms with van der Waals surface area (Å²) in [5.41, 5.74) is 3.13. The average Bonchev–Trinajstić information content (AvgIpc) is 2.68. The molecule has 0 saturated heterocycles. The number of ether oxygens (including phenoxy) is 3. The number of carbonyl (C=O) groups is 1. The van der Waals surface area contributed by atoms with Crippen molar-refractivity contribution in [1.29, 1.82) is 0 Å². The Bertz CT molecular complexity index is 788. The fourth-order valence-corrected chi connectivity index (χ4v) is 2.84. The van der Waals surface area contributed by atoms with E-state index < -0.39 is 6.10 Å². The van der Waals surface area contributed by atoms with Gasteiger partial charge in [0.2, 0.25) is 0 Å². The van der Waals surface area contributed by atoms with Crippen LogP contribution in [0.5, 0.6) is 17.2 Å². The number of amides is 1. The second-order valence-corrected chi connectivity index (χ2v) is 6.56. The van der Waals surface area contributed by atoms with Crippen molar-refractivity contribution in [2.24, 2.45) is 0 Å². The Morgan fingerprint density at radius 3 is 2.37 bits per heavy atom. The fraction of sp³-hybridized carbons (Fsp3) is 0.409. The SMILES string of the molecule is CCC(Oc1cccc(C)c1C)C(=O)NC(C)c1ccc(OC)c(OC)c1. The Kier molecular flexibility index (Phi) is 7.11. The van der Waals surface area contributed by atoms with Gasteiger partial charge in [0, 0.05) is 0 Å². The first kappa shape index (κ1) is 20.6. The molecule has 0 radical (unpaired) electrons. The summed E-state index contributed by atoms with van der Waals surface area (Å²) in [7, 11) is 3.19. The maximum Gasteiger partial charge on any atom is 0.261 e. The molecule has 0 aliphatic rings. The van der Waals surface area contributed by atoms with Crippen LogP contribution in [0.2, 0.25) is 0 Å². The molecule has 2 unspecified atom stereocenters.